The van der Waals surface area contributed by atoms with Gasteiger partial charge in [-0.3, -0.25) is 5.01 Å². The van der Waals surface area contributed by atoms with Gasteiger partial charge in [-0.05, 0) is 49.4 Å². The number of nitrogens with zero attached hydrogens (tertiary/aromatic N) is 4. The molecule has 148 valence electrons. The molecule has 0 saturated heterocycles. The minimum atomic E-state index is -4.51. The zero-order valence-electron chi connectivity index (χ0n) is 15.5. The Bertz CT molecular complexity index is 924. The lowest BCUT2D eigenvalue weighted by molar-refractivity contribution is -0.141. The number of hydrogen-bond acceptors (Lipinski definition) is 5. The minimum absolute atomic E-state index is 0.0797. The number of benzene rings is 1. The first kappa shape index (κ1) is 18.6. The molecule has 0 fully saturated rings. The van der Waals surface area contributed by atoms with Gasteiger partial charge in [0.1, 0.15) is 17.3 Å². The van der Waals surface area contributed by atoms with Crippen LogP contribution in [0.5, 0.6) is 5.75 Å². The third kappa shape index (κ3) is 3.39. The van der Waals surface area contributed by atoms with Crippen LogP contribution in [-0.4, -0.2) is 36.4 Å². The molecule has 4 rings (SSSR count). The number of hydrogen-bond donors (Lipinski definition) is 1. The van der Waals surface area contributed by atoms with Gasteiger partial charge >= 0.3 is 6.18 Å². The highest BCUT2D eigenvalue weighted by Crippen LogP contribution is 2.41. The van der Waals surface area contributed by atoms with Crippen LogP contribution >= 0.6 is 0 Å². The third-order valence-electron chi connectivity index (χ3n) is 5.25. The molecule has 8 heteroatoms. The molecule has 0 unspecified atom stereocenters. The van der Waals surface area contributed by atoms with Gasteiger partial charge in [0.25, 0.3) is 0 Å². The van der Waals surface area contributed by atoms with Crippen molar-refractivity contribution in [2.45, 2.75) is 31.9 Å². The number of phenolic OH excluding ortho intramolecular Hbond substituents is 1. The fraction of sp³-hybridized carbons (Fsp3) is 0.400. The van der Waals surface area contributed by atoms with E-state index in [0.717, 1.165) is 56.1 Å². The summed E-state index contributed by atoms with van der Waals surface area (Å²) in [5, 5.41) is 16.2. The van der Waals surface area contributed by atoms with Crippen LogP contribution in [-0.2, 0) is 19.0 Å². The first-order valence-electron chi connectivity index (χ1n) is 9.29. The largest absolute Gasteiger partial charge is 0.507 e. The van der Waals surface area contributed by atoms with Crippen LogP contribution in [0.25, 0.3) is 0 Å². The number of pyridine rings is 1. The summed E-state index contributed by atoms with van der Waals surface area (Å²) in [5.41, 5.74) is 2.91. The summed E-state index contributed by atoms with van der Waals surface area (Å²) in [6.07, 6.45) is 0.812. The molecule has 0 radical (unpaired) electrons. The molecule has 1 N–H and O–H groups in total. The van der Waals surface area contributed by atoms with Crippen molar-refractivity contribution in [3.8, 4) is 5.75 Å². The van der Waals surface area contributed by atoms with E-state index in [1.165, 1.54) is 36.0 Å². The third-order valence-corrected chi connectivity index (χ3v) is 5.25. The second kappa shape index (κ2) is 7.00. The van der Waals surface area contributed by atoms with Gasteiger partial charge in [0, 0.05) is 37.0 Å². The van der Waals surface area contributed by atoms with Crippen LogP contribution in [0.15, 0.2) is 29.4 Å². The van der Waals surface area contributed by atoms with Crippen LogP contribution in [0, 0.1) is 0 Å². The summed E-state index contributed by atoms with van der Waals surface area (Å²) < 4.78 is 38.6. The number of aromatic hydroxyl groups is 1. The molecule has 1 aromatic heterocycles. The maximum atomic E-state index is 12.9. The molecule has 3 heterocycles. The average molecular weight is 390 g/mol. The monoisotopic (exact) mass is 390 g/mol. The highest BCUT2D eigenvalue weighted by molar-refractivity contribution is 5.88. The Hall–Kier alpha value is -2.77. The molecule has 1 aromatic carbocycles. The number of rotatable bonds is 3. The van der Waals surface area contributed by atoms with Crippen molar-refractivity contribution >= 4 is 17.7 Å². The van der Waals surface area contributed by atoms with Crippen molar-refractivity contribution in [3.63, 3.8) is 0 Å². The van der Waals surface area contributed by atoms with Crippen molar-refractivity contribution in [3.05, 3.63) is 46.6 Å². The Balaban J connectivity index is 1.64. The molecular weight excluding hydrogens is 369 g/mol. The molecule has 28 heavy (non-hydrogen) atoms. The number of anilines is 2. The van der Waals surface area contributed by atoms with Crippen molar-refractivity contribution < 1.29 is 18.3 Å². The quantitative estimate of drug-likeness (QED) is 0.636. The van der Waals surface area contributed by atoms with E-state index in [1.54, 1.807) is 0 Å². The highest BCUT2D eigenvalue weighted by Gasteiger charge is 2.32. The van der Waals surface area contributed by atoms with Gasteiger partial charge in [0.2, 0.25) is 0 Å². The van der Waals surface area contributed by atoms with Gasteiger partial charge < -0.3 is 10.0 Å². The molecule has 0 spiro atoms. The summed E-state index contributed by atoms with van der Waals surface area (Å²) in [5.74, 6) is 0.288. The topological polar surface area (TPSA) is 52.0 Å². The molecule has 0 aliphatic carbocycles. The van der Waals surface area contributed by atoms with E-state index in [-0.39, 0.29) is 11.6 Å². The van der Waals surface area contributed by atoms with E-state index >= 15 is 0 Å². The fourth-order valence-corrected chi connectivity index (χ4v) is 3.94. The van der Waals surface area contributed by atoms with Gasteiger partial charge in [0.15, 0.2) is 0 Å². The van der Waals surface area contributed by atoms with Crippen LogP contribution in [0.1, 0.15) is 35.2 Å². The van der Waals surface area contributed by atoms with Crippen LogP contribution in [0.3, 0.4) is 0 Å². The zero-order chi connectivity index (χ0) is 19.9. The Morgan fingerprint density at radius 2 is 1.96 bits per heavy atom. The smallest absolute Gasteiger partial charge is 0.433 e. The predicted molar refractivity (Wildman–Crippen MR) is 102 cm³/mol. The molecule has 0 amide bonds. The number of hydrazone groups is 1. The molecule has 2 aromatic rings. The van der Waals surface area contributed by atoms with E-state index in [9.17, 15) is 18.3 Å². The summed E-state index contributed by atoms with van der Waals surface area (Å²) >= 11 is 0. The molecule has 0 atom stereocenters. The second-order valence-corrected chi connectivity index (χ2v) is 7.14. The zero-order valence-corrected chi connectivity index (χ0v) is 15.5. The second-order valence-electron chi connectivity index (χ2n) is 7.14. The average Bonchev–Trinajstić information content (AvgIpc) is 2.69. The van der Waals surface area contributed by atoms with Gasteiger partial charge in [-0.1, -0.05) is 6.07 Å². The van der Waals surface area contributed by atoms with Crippen molar-refractivity contribution in [1.29, 1.82) is 0 Å². The number of aryl methyl sites for hydroxylation is 1. The normalized spacial score (nSPS) is 16.4. The van der Waals surface area contributed by atoms with Gasteiger partial charge in [-0.15, -0.1) is 0 Å². The van der Waals surface area contributed by atoms with Crippen molar-refractivity contribution in [2.24, 2.45) is 5.10 Å². The van der Waals surface area contributed by atoms with Gasteiger partial charge in [-0.2, -0.15) is 18.3 Å². The summed E-state index contributed by atoms with van der Waals surface area (Å²) in [6, 6.07) is 5.61. The predicted octanol–water partition coefficient (Wildman–Crippen LogP) is 3.98. The molecule has 5 nitrogen and oxygen atoms in total. The lowest BCUT2D eigenvalue weighted by Crippen LogP contribution is -2.34. The first-order valence-corrected chi connectivity index (χ1v) is 9.29. The molecular formula is C20H21F3N4O. The number of alkyl halides is 3. The maximum absolute atomic E-state index is 12.9. The van der Waals surface area contributed by atoms with Crippen LogP contribution in [0.2, 0.25) is 0 Å². The van der Waals surface area contributed by atoms with Crippen LogP contribution in [0.4, 0.5) is 24.7 Å². The Morgan fingerprint density at radius 3 is 2.71 bits per heavy atom. The molecule has 0 saturated carbocycles. The first-order chi connectivity index (χ1) is 13.3. The van der Waals surface area contributed by atoms with E-state index in [1.807, 2.05) is 6.07 Å². The van der Waals surface area contributed by atoms with Crippen molar-refractivity contribution in [1.82, 2.24) is 4.98 Å². The Kier molecular flexibility index (Phi) is 4.64. The summed E-state index contributed by atoms with van der Waals surface area (Å²) in [4.78, 5) is 5.95. The lowest BCUT2D eigenvalue weighted by atomic mass is 9.89. The summed E-state index contributed by atoms with van der Waals surface area (Å²) in [7, 11) is 1.53. The highest BCUT2D eigenvalue weighted by atomic mass is 19.4. The SMILES string of the molecule is CN(/N=C/c1cc2c3c(c1O)CCCN3CCC2)c1cccc(C(F)(F)F)n1. The van der Waals surface area contributed by atoms with Crippen LogP contribution < -0.4 is 9.91 Å². The van der Waals surface area contributed by atoms with E-state index in [2.05, 4.69) is 15.0 Å². The lowest BCUT2D eigenvalue weighted by Gasteiger charge is -2.37. The maximum Gasteiger partial charge on any atom is 0.433 e. The molecule has 0 bridgehead atoms. The summed E-state index contributed by atoms with van der Waals surface area (Å²) in [6.45, 7) is 2.02. The number of phenols is 1. The van der Waals surface area contributed by atoms with E-state index in [4.69, 9.17) is 0 Å². The fourth-order valence-electron chi connectivity index (χ4n) is 3.94. The number of halogens is 3. The van der Waals surface area contributed by atoms with E-state index in [0.29, 0.717) is 5.56 Å². The standard InChI is InChI=1S/C20H21F3N4O/c1-26(17-8-2-7-16(25-17)20(21,22)23)24-12-14-11-13-5-3-9-27-10-4-6-15(18(13)27)19(14)28/h2,7-8,11-12,28H,3-6,9-10H2,1H3/b24-12+. The van der Waals surface area contributed by atoms with Gasteiger partial charge in [0.05, 0.1) is 6.21 Å². The number of aromatic nitrogens is 1. The van der Waals surface area contributed by atoms with Crippen molar-refractivity contribution in [2.75, 3.05) is 30.0 Å². The molecule has 2 aliphatic rings. The van der Waals surface area contributed by atoms with E-state index < -0.39 is 11.9 Å². The Morgan fingerprint density at radius 1 is 1.21 bits per heavy atom. The Labute approximate surface area is 161 Å². The van der Waals surface area contributed by atoms with Gasteiger partial charge in [-0.25, -0.2) is 4.98 Å². The molecule has 2 aliphatic heterocycles. The minimum Gasteiger partial charge on any atom is -0.507 e.